The van der Waals surface area contributed by atoms with Crippen molar-refractivity contribution in [1.82, 2.24) is 0 Å². The first kappa shape index (κ1) is 13.9. The van der Waals surface area contributed by atoms with Crippen molar-refractivity contribution in [3.05, 3.63) is 0 Å². The largest absolute Gasteiger partial charge is 0.479 e. The topological polar surface area (TPSA) is 119 Å². The Morgan fingerprint density at radius 1 is 1.41 bits per heavy atom. The molecule has 1 heterocycles. The van der Waals surface area contributed by atoms with Crippen LogP contribution < -0.4 is 5.73 Å². The van der Waals surface area contributed by atoms with Crippen LogP contribution in [-0.2, 0) is 19.1 Å². The summed E-state index contributed by atoms with van der Waals surface area (Å²) in [6.45, 7) is 2.91. The number of primary amides is 1. The van der Waals surface area contributed by atoms with Gasteiger partial charge in [-0.1, -0.05) is 0 Å². The van der Waals surface area contributed by atoms with Crippen molar-refractivity contribution in [2.75, 3.05) is 0 Å². The Morgan fingerprint density at radius 2 is 2.00 bits per heavy atom. The average Bonchev–Trinajstić information content (AvgIpc) is 2.15. The Kier molecular flexibility index (Phi) is 4.07. The number of aliphatic hydroxyl groups excluding tert-OH is 1. The Bertz CT molecular complexity index is 316. The molecule has 17 heavy (non-hydrogen) atoms. The monoisotopic (exact) mass is 247 g/mol. The molecule has 0 bridgehead atoms. The van der Waals surface area contributed by atoms with Crippen LogP contribution in [0.25, 0.3) is 0 Å². The molecule has 0 radical (unpaired) electrons. The van der Waals surface area contributed by atoms with Crippen LogP contribution in [0.15, 0.2) is 0 Å². The van der Waals surface area contributed by atoms with Gasteiger partial charge in [0.1, 0.15) is 5.60 Å². The van der Waals surface area contributed by atoms with Gasteiger partial charge >= 0.3 is 5.97 Å². The lowest BCUT2D eigenvalue weighted by molar-refractivity contribution is -0.250. The van der Waals surface area contributed by atoms with E-state index in [9.17, 15) is 14.7 Å². The molecule has 0 aromatic rings. The molecule has 0 aromatic heterocycles. The van der Waals surface area contributed by atoms with E-state index in [4.69, 9.17) is 20.3 Å². The van der Waals surface area contributed by atoms with Crippen LogP contribution in [0, 0.1) is 0 Å². The van der Waals surface area contributed by atoms with Crippen LogP contribution in [0.3, 0.4) is 0 Å². The van der Waals surface area contributed by atoms with E-state index in [1.54, 1.807) is 0 Å². The Morgan fingerprint density at radius 3 is 2.47 bits per heavy atom. The molecule has 1 aliphatic heterocycles. The molecule has 7 nitrogen and oxygen atoms in total. The molecule has 0 spiro atoms. The van der Waals surface area contributed by atoms with Gasteiger partial charge in [-0.15, -0.1) is 0 Å². The van der Waals surface area contributed by atoms with Crippen molar-refractivity contribution in [2.24, 2.45) is 5.73 Å². The molecule has 1 aliphatic rings. The van der Waals surface area contributed by atoms with E-state index >= 15 is 0 Å². The van der Waals surface area contributed by atoms with Crippen LogP contribution >= 0.6 is 0 Å². The SMILES string of the molecule is CC(C)(OC1CC(O)CC(C(=O)O)O1)C(N)=O. The number of carbonyl (C=O) groups excluding carboxylic acids is 1. The molecular weight excluding hydrogens is 230 g/mol. The lowest BCUT2D eigenvalue weighted by atomic mass is 10.0. The second-order valence-electron chi connectivity index (χ2n) is 4.51. The molecule has 4 N–H and O–H groups in total. The number of ether oxygens (including phenoxy) is 2. The number of carbonyl (C=O) groups is 2. The van der Waals surface area contributed by atoms with Crippen molar-refractivity contribution in [3.8, 4) is 0 Å². The second kappa shape index (κ2) is 4.99. The summed E-state index contributed by atoms with van der Waals surface area (Å²) < 4.78 is 10.4. The third-order valence-corrected chi connectivity index (χ3v) is 2.56. The summed E-state index contributed by atoms with van der Waals surface area (Å²) in [6.07, 6.45) is -2.81. The Balaban J connectivity index is 2.65. The number of nitrogens with two attached hydrogens (primary N) is 1. The van der Waals surface area contributed by atoms with Crippen molar-refractivity contribution in [2.45, 2.75) is 50.8 Å². The van der Waals surface area contributed by atoms with Crippen molar-refractivity contribution >= 4 is 11.9 Å². The van der Waals surface area contributed by atoms with Crippen LogP contribution in [0.1, 0.15) is 26.7 Å². The summed E-state index contributed by atoms with van der Waals surface area (Å²) >= 11 is 0. The Hall–Kier alpha value is -1.18. The second-order valence-corrected chi connectivity index (χ2v) is 4.51. The molecule has 7 heteroatoms. The summed E-state index contributed by atoms with van der Waals surface area (Å²) in [7, 11) is 0. The van der Waals surface area contributed by atoms with Gasteiger partial charge in [-0.05, 0) is 13.8 Å². The van der Waals surface area contributed by atoms with Gasteiger partial charge < -0.3 is 25.4 Å². The van der Waals surface area contributed by atoms with E-state index in [0.29, 0.717) is 0 Å². The fourth-order valence-corrected chi connectivity index (χ4v) is 1.48. The number of rotatable bonds is 4. The summed E-state index contributed by atoms with van der Waals surface area (Å²) in [5, 5.41) is 18.3. The number of hydrogen-bond acceptors (Lipinski definition) is 5. The molecule has 1 fully saturated rings. The van der Waals surface area contributed by atoms with E-state index < -0.39 is 36.0 Å². The molecule has 98 valence electrons. The van der Waals surface area contributed by atoms with Crippen LogP contribution in [-0.4, -0.2) is 46.2 Å². The average molecular weight is 247 g/mol. The quantitative estimate of drug-likeness (QED) is 0.599. The highest BCUT2D eigenvalue weighted by molar-refractivity contribution is 5.82. The minimum absolute atomic E-state index is 0.00614. The van der Waals surface area contributed by atoms with Gasteiger partial charge in [-0.3, -0.25) is 4.79 Å². The first-order chi connectivity index (χ1) is 7.72. The van der Waals surface area contributed by atoms with Gasteiger partial charge in [0, 0.05) is 12.8 Å². The zero-order chi connectivity index (χ0) is 13.2. The zero-order valence-electron chi connectivity index (χ0n) is 9.75. The number of carboxylic acids is 1. The van der Waals surface area contributed by atoms with E-state index in [2.05, 4.69) is 0 Å². The van der Waals surface area contributed by atoms with Gasteiger partial charge in [-0.2, -0.15) is 0 Å². The van der Waals surface area contributed by atoms with Gasteiger partial charge in [0.15, 0.2) is 12.4 Å². The first-order valence-electron chi connectivity index (χ1n) is 5.26. The molecule has 0 aliphatic carbocycles. The van der Waals surface area contributed by atoms with Gasteiger partial charge in [0.2, 0.25) is 5.91 Å². The summed E-state index contributed by atoms with van der Waals surface area (Å²) in [5.41, 5.74) is 3.85. The summed E-state index contributed by atoms with van der Waals surface area (Å²) in [5.74, 6) is -1.86. The van der Waals surface area contributed by atoms with Crippen LogP contribution in [0.2, 0.25) is 0 Å². The molecule has 3 unspecified atom stereocenters. The summed E-state index contributed by atoms with van der Waals surface area (Å²) in [6, 6.07) is 0. The normalized spacial score (nSPS) is 29.9. The molecule has 1 saturated heterocycles. The number of aliphatic carboxylic acids is 1. The molecule has 1 rings (SSSR count). The van der Waals surface area contributed by atoms with Crippen molar-refractivity contribution < 1.29 is 29.3 Å². The smallest absolute Gasteiger partial charge is 0.333 e. The van der Waals surface area contributed by atoms with Crippen LogP contribution in [0.4, 0.5) is 0 Å². The van der Waals surface area contributed by atoms with E-state index in [-0.39, 0.29) is 12.8 Å². The lowest BCUT2D eigenvalue weighted by Crippen LogP contribution is -2.48. The third-order valence-electron chi connectivity index (χ3n) is 2.56. The molecule has 0 aromatic carbocycles. The first-order valence-corrected chi connectivity index (χ1v) is 5.26. The van der Waals surface area contributed by atoms with Crippen molar-refractivity contribution in [3.63, 3.8) is 0 Å². The fourth-order valence-electron chi connectivity index (χ4n) is 1.48. The zero-order valence-corrected chi connectivity index (χ0v) is 9.75. The molecule has 0 saturated carbocycles. The predicted molar refractivity (Wildman–Crippen MR) is 55.9 cm³/mol. The molecule has 1 amide bonds. The van der Waals surface area contributed by atoms with E-state index in [0.717, 1.165) is 0 Å². The highest BCUT2D eigenvalue weighted by atomic mass is 16.7. The predicted octanol–water partition coefficient (Wildman–Crippen LogP) is -0.782. The maximum atomic E-state index is 11.1. The van der Waals surface area contributed by atoms with Crippen LogP contribution in [0.5, 0.6) is 0 Å². The minimum atomic E-state index is -1.27. The van der Waals surface area contributed by atoms with Gasteiger partial charge in [0.25, 0.3) is 0 Å². The standard InChI is InChI=1S/C10H17NO6/c1-10(2,9(11)15)17-7-4-5(12)3-6(16-7)8(13)14/h5-7,12H,3-4H2,1-2H3,(H2,11,15)(H,13,14). The minimum Gasteiger partial charge on any atom is -0.479 e. The maximum Gasteiger partial charge on any atom is 0.333 e. The highest BCUT2D eigenvalue weighted by Gasteiger charge is 2.38. The van der Waals surface area contributed by atoms with Gasteiger partial charge in [0.05, 0.1) is 6.10 Å². The number of carboxylic acid groups (broad SMARTS) is 1. The van der Waals surface area contributed by atoms with E-state index in [1.807, 2.05) is 0 Å². The van der Waals surface area contributed by atoms with Gasteiger partial charge in [-0.25, -0.2) is 4.79 Å². The molecule has 3 atom stereocenters. The number of aliphatic hydroxyl groups is 1. The molecular formula is C10H17NO6. The maximum absolute atomic E-state index is 11.1. The fraction of sp³-hybridized carbons (Fsp3) is 0.800. The number of hydrogen-bond donors (Lipinski definition) is 3. The summed E-state index contributed by atoms with van der Waals surface area (Å²) in [4.78, 5) is 21.8. The van der Waals surface area contributed by atoms with Crippen molar-refractivity contribution in [1.29, 1.82) is 0 Å². The Labute approximate surface area is 98.5 Å². The lowest BCUT2D eigenvalue weighted by Gasteiger charge is -2.35. The number of amides is 1. The highest BCUT2D eigenvalue weighted by Crippen LogP contribution is 2.24. The van der Waals surface area contributed by atoms with E-state index in [1.165, 1.54) is 13.8 Å². The third kappa shape index (κ3) is 3.65.